The molecule has 3 heteroatoms. The lowest BCUT2D eigenvalue weighted by Gasteiger charge is -2.10. The van der Waals surface area contributed by atoms with Gasteiger partial charge in [-0.3, -0.25) is 0 Å². The summed E-state index contributed by atoms with van der Waals surface area (Å²) in [6, 6.07) is 8.70. The molecule has 0 heterocycles. The molecule has 0 spiro atoms. The number of sulfone groups is 1. The van der Waals surface area contributed by atoms with Crippen LogP contribution < -0.4 is 0 Å². The molecular formula is C13H20O2S. The van der Waals surface area contributed by atoms with Crippen molar-refractivity contribution >= 4 is 9.84 Å². The maximum Gasteiger partial charge on any atom is 0.178 e. The van der Waals surface area contributed by atoms with Crippen LogP contribution in [0.3, 0.4) is 0 Å². The van der Waals surface area contributed by atoms with Gasteiger partial charge in [-0.1, -0.05) is 44.9 Å². The maximum atomic E-state index is 11.9. The number of benzene rings is 1. The summed E-state index contributed by atoms with van der Waals surface area (Å²) in [6.07, 6.45) is 2.97. The van der Waals surface area contributed by atoms with Gasteiger partial charge in [-0.05, 0) is 24.5 Å². The van der Waals surface area contributed by atoms with Crippen molar-refractivity contribution in [2.45, 2.75) is 38.0 Å². The van der Waals surface area contributed by atoms with Gasteiger partial charge in [0.15, 0.2) is 9.84 Å². The Morgan fingerprint density at radius 3 is 2.31 bits per heavy atom. The summed E-state index contributed by atoms with van der Waals surface area (Å²) in [4.78, 5) is 0.443. The molecule has 1 atom stereocenters. The highest BCUT2D eigenvalue weighted by atomic mass is 32.2. The Morgan fingerprint density at radius 2 is 1.75 bits per heavy atom. The van der Waals surface area contributed by atoms with Crippen molar-refractivity contribution in [3.63, 3.8) is 0 Å². The van der Waals surface area contributed by atoms with Crippen molar-refractivity contribution < 1.29 is 8.42 Å². The third-order valence-corrected chi connectivity index (χ3v) is 4.53. The smallest absolute Gasteiger partial charge is 0.178 e. The van der Waals surface area contributed by atoms with Gasteiger partial charge in [0.05, 0.1) is 10.6 Å². The Labute approximate surface area is 98.6 Å². The number of hydrogen-bond acceptors (Lipinski definition) is 2. The summed E-state index contributed by atoms with van der Waals surface area (Å²) in [7, 11) is -3.07. The van der Waals surface area contributed by atoms with E-state index in [2.05, 4.69) is 13.8 Å². The number of rotatable bonds is 6. The van der Waals surface area contributed by atoms with Gasteiger partial charge in [0.25, 0.3) is 0 Å². The normalized spacial score (nSPS) is 13.6. The first-order valence-corrected chi connectivity index (χ1v) is 7.49. The Morgan fingerprint density at radius 1 is 1.12 bits per heavy atom. The first-order valence-electron chi connectivity index (χ1n) is 5.84. The van der Waals surface area contributed by atoms with E-state index in [0.717, 1.165) is 19.3 Å². The van der Waals surface area contributed by atoms with E-state index in [1.54, 1.807) is 24.3 Å². The van der Waals surface area contributed by atoms with Crippen LogP contribution >= 0.6 is 0 Å². The zero-order chi connectivity index (χ0) is 12.0. The fraction of sp³-hybridized carbons (Fsp3) is 0.538. The number of hydrogen-bond donors (Lipinski definition) is 0. The van der Waals surface area contributed by atoms with Crippen molar-refractivity contribution in [3.05, 3.63) is 30.3 Å². The minimum Gasteiger partial charge on any atom is -0.224 e. The topological polar surface area (TPSA) is 34.1 Å². The first kappa shape index (κ1) is 13.2. The van der Waals surface area contributed by atoms with Gasteiger partial charge in [0, 0.05) is 0 Å². The molecule has 16 heavy (non-hydrogen) atoms. The molecule has 0 unspecified atom stereocenters. The summed E-state index contributed by atoms with van der Waals surface area (Å²) in [5, 5.41) is 0. The van der Waals surface area contributed by atoms with Crippen molar-refractivity contribution in [2.24, 2.45) is 5.92 Å². The minimum atomic E-state index is -3.07. The standard InChI is InChI=1S/C13H20O2S/c1-3-7-12(2)10-11-16(14,15)13-8-5-4-6-9-13/h4-6,8-9,12H,3,7,10-11H2,1-2H3/t12-/m1/s1. The van der Waals surface area contributed by atoms with Crippen molar-refractivity contribution in [1.82, 2.24) is 0 Å². The summed E-state index contributed by atoms with van der Waals surface area (Å²) >= 11 is 0. The first-order chi connectivity index (χ1) is 7.56. The molecule has 1 aromatic carbocycles. The molecule has 0 radical (unpaired) electrons. The van der Waals surface area contributed by atoms with E-state index in [1.807, 2.05) is 6.07 Å². The lowest BCUT2D eigenvalue weighted by atomic mass is 10.0. The molecule has 0 saturated heterocycles. The van der Waals surface area contributed by atoms with Gasteiger partial charge in [-0.2, -0.15) is 0 Å². The Kier molecular flexibility index (Phi) is 5.00. The van der Waals surface area contributed by atoms with E-state index in [1.165, 1.54) is 0 Å². The van der Waals surface area contributed by atoms with Gasteiger partial charge >= 0.3 is 0 Å². The molecule has 0 aromatic heterocycles. The molecule has 0 aliphatic heterocycles. The summed E-state index contributed by atoms with van der Waals surface area (Å²) in [6.45, 7) is 4.24. The molecule has 2 nitrogen and oxygen atoms in total. The summed E-state index contributed by atoms with van der Waals surface area (Å²) in [5.41, 5.74) is 0. The summed E-state index contributed by atoms with van der Waals surface area (Å²) < 4.78 is 23.9. The van der Waals surface area contributed by atoms with Crippen LogP contribution in [-0.4, -0.2) is 14.2 Å². The Bertz CT molecular complexity index is 395. The Balaban J connectivity index is 2.60. The van der Waals surface area contributed by atoms with Gasteiger partial charge < -0.3 is 0 Å². The van der Waals surface area contributed by atoms with Crippen molar-refractivity contribution in [2.75, 3.05) is 5.75 Å². The lowest BCUT2D eigenvalue weighted by Crippen LogP contribution is -2.10. The van der Waals surface area contributed by atoms with E-state index in [4.69, 9.17) is 0 Å². The van der Waals surface area contributed by atoms with Crippen LogP contribution in [0.15, 0.2) is 35.2 Å². The highest BCUT2D eigenvalue weighted by Crippen LogP contribution is 2.16. The molecule has 0 amide bonds. The largest absolute Gasteiger partial charge is 0.224 e. The highest BCUT2D eigenvalue weighted by molar-refractivity contribution is 7.91. The van der Waals surface area contributed by atoms with Crippen LogP contribution in [0.4, 0.5) is 0 Å². The quantitative estimate of drug-likeness (QED) is 0.764. The predicted octanol–water partition coefficient (Wildman–Crippen LogP) is 3.29. The fourth-order valence-corrected chi connectivity index (χ4v) is 3.26. The molecule has 1 aromatic rings. The second-order valence-electron chi connectivity index (χ2n) is 4.31. The third-order valence-electron chi connectivity index (χ3n) is 2.76. The monoisotopic (exact) mass is 240 g/mol. The van der Waals surface area contributed by atoms with E-state index in [9.17, 15) is 8.42 Å². The van der Waals surface area contributed by atoms with E-state index < -0.39 is 9.84 Å². The molecule has 0 saturated carbocycles. The molecule has 0 fully saturated rings. The highest BCUT2D eigenvalue weighted by Gasteiger charge is 2.14. The molecule has 90 valence electrons. The van der Waals surface area contributed by atoms with E-state index in [0.29, 0.717) is 10.8 Å². The molecule has 0 aliphatic rings. The lowest BCUT2D eigenvalue weighted by molar-refractivity contribution is 0.503. The van der Waals surface area contributed by atoms with Crippen LogP contribution in [-0.2, 0) is 9.84 Å². The van der Waals surface area contributed by atoms with Crippen molar-refractivity contribution in [3.8, 4) is 0 Å². The van der Waals surface area contributed by atoms with Gasteiger partial charge in [0.1, 0.15) is 0 Å². The zero-order valence-electron chi connectivity index (χ0n) is 10.0. The Hall–Kier alpha value is -0.830. The van der Waals surface area contributed by atoms with Crippen LogP contribution in [0.1, 0.15) is 33.1 Å². The average Bonchev–Trinajstić information content (AvgIpc) is 2.28. The van der Waals surface area contributed by atoms with Crippen LogP contribution in [0.2, 0.25) is 0 Å². The molecule has 0 N–H and O–H groups in total. The van der Waals surface area contributed by atoms with E-state index >= 15 is 0 Å². The van der Waals surface area contributed by atoms with Gasteiger partial charge in [-0.25, -0.2) is 8.42 Å². The maximum absolute atomic E-state index is 11.9. The SMILES string of the molecule is CCC[C@@H](C)CCS(=O)(=O)c1ccccc1. The second-order valence-corrected chi connectivity index (χ2v) is 6.42. The van der Waals surface area contributed by atoms with Gasteiger partial charge in [0.2, 0.25) is 0 Å². The van der Waals surface area contributed by atoms with E-state index in [-0.39, 0.29) is 5.75 Å². The average molecular weight is 240 g/mol. The zero-order valence-corrected chi connectivity index (χ0v) is 10.8. The molecular weight excluding hydrogens is 220 g/mol. The molecule has 1 rings (SSSR count). The summed E-state index contributed by atoms with van der Waals surface area (Å²) in [5.74, 6) is 0.751. The van der Waals surface area contributed by atoms with Crippen LogP contribution in [0.5, 0.6) is 0 Å². The van der Waals surface area contributed by atoms with Crippen LogP contribution in [0.25, 0.3) is 0 Å². The predicted molar refractivity (Wildman–Crippen MR) is 67.2 cm³/mol. The minimum absolute atomic E-state index is 0.262. The van der Waals surface area contributed by atoms with Crippen LogP contribution in [0, 0.1) is 5.92 Å². The van der Waals surface area contributed by atoms with Gasteiger partial charge in [-0.15, -0.1) is 0 Å². The fourth-order valence-electron chi connectivity index (χ4n) is 1.74. The van der Waals surface area contributed by atoms with Crippen molar-refractivity contribution in [1.29, 1.82) is 0 Å². The molecule has 0 aliphatic carbocycles. The second kappa shape index (κ2) is 6.04. The third kappa shape index (κ3) is 3.97. The molecule has 0 bridgehead atoms.